The average molecular weight is 368 g/mol. The molecule has 1 heterocycles. The Morgan fingerprint density at radius 2 is 1.80 bits per heavy atom. The van der Waals surface area contributed by atoms with E-state index < -0.39 is 5.60 Å². The molecule has 1 fully saturated rings. The molecule has 0 unspecified atom stereocenters. The summed E-state index contributed by atoms with van der Waals surface area (Å²) < 4.78 is 5.37. The number of hydrogen-bond acceptors (Lipinski definition) is 4. The van der Waals surface area contributed by atoms with Crippen molar-refractivity contribution in [3.05, 3.63) is 34.9 Å². The van der Waals surface area contributed by atoms with Crippen molar-refractivity contribution >= 4 is 23.6 Å². The summed E-state index contributed by atoms with van der Waals surface area (Å²) in [5, 5.41) is 3.53. The first-order chi connectivity index (χ1) is 11.7. The van der Waals surface area contributed by atoms with Crippen molar-refractivity contribution in [2.24, 2.45) is 0 Å². The molecule has 1 aliphatic rings. The lowest BCUT2D eigenvalue weighted by atomic mass is 10.2. The van der Waals surface area contributed by atoms with E-state index in [1.807, 2.05) is 43.9 Å². The number of ether oxygens (including phenoxy) is 1. The van der Waals surface area contributed by atoms with Crippen molar-refractivity contribution in [1.29, 1.82) is 0 Å². The zero-order chi connectivity index (χ0) is 18.4. The lowest BCUT2D eigenvalue weighted by Gasteiger charge is -2.35. The maximum Gasteiger partial charge on any atom is 0.410 e. The van der Waals surface area contributed by atoms with Gasteiger partial charge in [0.1, 0.15) is 5.60 Å². The summed E-state index contributed by atoms with van der Waals surface area (Å²) in [7, 11) is 0. The van der Waals surface area contributed by atoms with Crippen molar-refractivity contribution in [3.8, 4) is 0 Å². The summed E-state index contributed by atoms with van der Waals surface area (Å²) in [6.45, 7) is 8.71. The second-order valence-electron chi connectivity index (χ2n) is 7.11. The van der Waals surface area contributed by atoms with Crippen molar-refractivity contribution in [3.63, 3.8) is 0 Å². The van der Waals surface area contributed by atoms with Crippen LogP contribution in [0.1, 0.15) is 26.3 Å². The molecule has 1 aromatic carbocycles. The Kier molecular flexibility index (Phi) is 6.67. The number of nitrogens with one attached hydrogen (secondary N) is 1. The molecule has 2 rings (SSSR count). The molecule has 1 N–H and O–H groups in total. The Morgan fingerprint density at radius 3 is 2.40 bits per heavy atom. The third-order valence-electron chi connectivity index (χ3n) is 3.83. The van der Waals surface area contributed by atoms with Crippen molar-refractivity contribution in [1.82, 2.24) is 15.1 Å². The molecule has 7 heteroatoms. The second kappa shape index (κ2) is 8.54. The summed E-state index contributed by atoms with van der Waals surface area (Å²) in [5.41, 5.74) is 0.402. The van der Waals surface area contributed by atoms with Gasteiger partial charge in [0.2, 0.25) is 5.91 Å². The summed E-state index contributed by atoms with van der Waals surface area (Å²) in [6.07, 6.45) is -0.296. The molecule has 1 aromatic rings. The monoisotopic (exact) mass is 367 g/mol. The second-order valence-corrected chi connectivity index (χ2v) is 7.52. The Balaban J connectivity index is 1.72. The molecule has 1 saturated heterocycles. The first kappa shape index (κ1) is 19.5. The molecular weight excluding hydrogens is 342 g/mol. The molecule has 0 saturated carbocycles. The van der Waals surface area contributed by atoms with Gasteiger partial charge in [-0.2, -0.15) is 0 Å². The van der Waals surface area contributed by atoms with Gasteiger partial charge in [-0.15, -0.1) is 0 Å². The highest BCUT2D eigenvalue weighted by molar-refractivity contribution is 6.31. The predicted molar refractivity (Wildman–Crippen MR) is 97.5 cm³/mol. The van der Waals surface area contributed by atoms with Crippen LogP contribution in [-0.4, -0.2) is 60.1 Å². The number of benzene rings is 1. The third kappa shape index (κ3) is 6.55. The molecule has 0 spiro atoms. The highest BCUT2D eigenvalue weighted by Gasteiger charge is 2.26. The molecule has 0 aliphatic carbocycles. The number of halogens is 1. The zero-order valence-electron chi connectivity index (χ0n) is 15.0. The lowest BCUT2D eigenvalue weighted by Crippen LogP contribution is -2.52. The van der Waals surface area contributed by atoms with Crippen molar-refractivity contribution in [2.75, 3.05) is 32.7 Å². The smallest absolute Gasteiger partial charge is 0.410 e. The van der Waals surface area contributed by atoms with E-state index in [9.17, 15) is 9.59 Å². The standard InChI is InChI=1S/C18H26ClN3O3/c1-18(2,3)25-17(24)22-10-8-21(9-11-22)13-16(23)20-12-14-6-4-5-7-15(14)19/h4-7H,8-13H2,1-3H3,(H,20,23). The minimum Gasteiger partial charge on any atom is -0.444 e. The number of amides is 2. The molecule has 0 atom stereocenters. The quantitative estimate of drug-likeness (QED) is 0.888. The van der Waals surface area contributed by atoms with Crippen molar-refractivity contribution in [2.45, 2.75) is 32.9 Å². The van der Waals surface area contributed by atoms with E-state index in [1.165, 1.54) is 0 Å². The Bertz CT molecular complexity index is 608. The van der Waals surface area contributed by atoms with E-state index in [0.717, 1.165) is 5.56 Å². The van der Waals surface area contributed by atoms with Gasteiger partial charge < -0.3 is 15.0 Å². The predicted octanol–water partition coefficient (Wildman–Crippen LogP) is 2.51. The number of hydrogen-bond donors (Lipinski definition) is 1. The van der Waals surface area contributed by atoms with Crippen LogP contribution >= 0.6 is 11.6 Å². The molecule has 1 aliphatic heterocycles. The minimum atomic E-state index is -0.493. The molecule has 138 valence electrons. The minimum absolute atomic E-state index is 0.0503. The van der Waals surface area contributed by atoms with Crippen LogP contribution in [-0.2, 0) is 16.1 Å². The van der Waals surface area contributed by atoms with Crippen LogP contribution < -0.4 is 5.32 Å². The molecule has 0 radical (unpaired) electrons. The Morgan fingerprint density at radius 1 is 1.16 bits per heavy atom. The van der Waals surface area contributed by atoms with E-state index in [4.69, 9.17) is 16.3 Å². The fraction of sp³-hybridized carbons (Fsp3) is 0.556. The zero-order valence-corrected chi connectivity index (χ0v) is 15.8. The summed E-state index contributed by atoms with van der Waals surface area (Å²) in [6, 6.07) is 7.45. The summed E-state index contributed by atoms with van der Waals surface area (Å²) in [4.78, 5) is 27.8. The molecule has 0 bridgehead atoms. The summed E-state index contributed by atoms with van der Waals surface area (Å²) >= 11 is 6.08. The third-order valence-corrected chi connectivity index (χ3v) is 4.19. The van der Waals surface area contributed by atoms with Crippen LogP contribution in [0.5, 0.6) is 0 Å². The topological polar surface area (TPSA) is 61.9 Å². The van der Waals surface area contributed by atoms with Gasteiger partial charge in [0.15, 0.2) is 0 Å². The van der Waals surface area contributed by atoms with Crippen LogP contribution in [0.2, 0.25) is 5.02 Å². The van der Waals surface area contributed by atoms with E-state index in [0.29, 0.717) is 44.3 Å². The molecule has 6 nitrogen and oxygen atoms in total. The number of carbonyl (C=O) groups is 2. The number of rotatable bonds is 4. The van der Waals surface area contributed by atoms with Crippen molar-refractivity contribution < 1.29 is 14.3 Å². The normalized spacial score (nSPS) is 15.8. The number of carbonyl (C=O) groups excluding carboxylic acids is 2. The van der Waals surface area contributed by atoms with Gasteiger partial charge in [-0.25, -0.2) is 4.79 Å². The van der Waals surface area contributed by atoms with E-state index in [1.54, 1.807) is 11.0 Å². The van der Waals surface area contributed by atoms with E-state index in [2.05, 4.69) is 5.32 Å². The molecule has 2 amide bonds. The maximum atomic E-state index is 12.1. The van der Waals surface area contributed by atoms with E-state index >= 15 is 0 Å². The van der Waals surface area contributed by atoms with Gasteiger partial charge in [0.25, 0.3) is 0 Å². The molecular formula is C18H26ClN3O3. The van der Waals surface area contributed by atoms with Gasteiger partial charge in [-0.3, -0.25) is 9.69 Å². The Hall–Kier alpha value is -1.79. The largest absolute Gasteiger partial charge is 0.444 e. The fourth-order valence-corrected chi connectivity index (χ4v) is 2.71. The van der Waals surface area contributed by atoms with Gasteiger partial charge >= 0.3 is 6.09 Å². The lowest BCUT2D eigenvalue weighted by molar-refractivity contribution is -0.122. The average Bonchev–Trinajstić information content (AvgIpc) is 2.53. The van der Waals surface area contributed by atoms with Gasteiger partial charge in [-0.05, 0) is 32.4 Å². The Labute approximate surface area is 154 Å². The fourth-order valence-electron chi connectivity index (χ4n) is 2.51. The maximum absolute atomic E-state index is 12.1. The first-order valence-corrected chi connectivity index (χ1v) is 8.83. The van der Waals surface area contributed by atoms with Gasteiger partial charge in [0, 0.05) is 37.7 Å². The highest BCUT2D eigenvalue weighted by atomic mass is 35.5. The van der Waals surface area contributed by atoms with Crippen LogP contribution in [0.15, 0.2) is 24.3 Å². The van der Waals surface area contributed by atoms with Crippen LogP contribution in [0, 0.1) is 0 Å². The number of piperazine rings is 1. The number of nitrogens with zero attached hydrogens (tertiary/aromatic N) is 2. The van der Waals surface area contributed by atoms with Gasteiger partial charge in [0.05, 0.1) is 6.54 Å². The SMILES string of the molecule is CC(C)(C)OC(=O)N1CCN(CC(=O)NCc2ccccc2Cl)CC1. The highest BCUT2D eigenvalue weighted by Crippen LogP contribution is 2.14. The van der Waals surface area contributed by atoms with E-state index in [-0.39, 0.29) is 12.0 Å². The molecule has 0 aromatic heterocycles. The molecule has 25 heavy (non-hydrogen) atoms. The summed E-state index contributed by atoms with van der Waals surface area (Å²) in [5.74, 6) is -0.0503. The van der Waals surface area contributed by atoms with Gasteiger partial charge in [-0.1, -0.05) is 29.8 Å². The van der Waals surface area contributed by atoms with Crippen LogP contribution in [0.4, 0.5) is 4.79 Å². The van der Waals surface area contributed by atoms with Crippen LogP contribution in [0.3, 0.4) is 0 Å². The van der Waals surface area contributed by atoms with Crippen LogP contribution in [0.25, 0.3) is 0 Å². The first-order valence-electron chi connectivity index (χ1n) is 8.45.